The monoisotopic (exact) mass is 982 g/mol. The van der Waals surface area contributed by atoms with Crippen LogP contribution in [0.25, 0.3) is 0 Å². The Morgan fingerprint density at radius 2 is 0.845 bits per heavy atom. The van der Waals surface area contributed by atoms with Crippen molar-refractivity contribution < 1.29 is 0 Å². The third-order valence-corrected chi connectivity index (χ3v) is 6.79. The van der Waals surface area contributed by atoms with Gasteiger partial charge in [-0.15, -0.1) is 0 Å². The molecule has 0 radical (unpaired) electrons. The van der Waals surface area contributed by atoms with E-state index in [0.29, 0.717) is 0 Å². The Morgan fingerprint density at radius 3 is 1.01 bits per heavy atom. The van der Waals surface area contributed by atoms with Crippen LogP contribution in [0.4, 0.5) is 0 Å². The second kappa shape index (κ2) is 70.1. The highest BCUT2D eigenvalue weighted by Gasteiger charge is 1.84. The second-order valence-corrected chi connectivity index (χ2v) is 12.3. The van der Waals surface area contributed by atoms with Gasteiger partial charge in [-0.25, -0.2) is 0 Å². The number of benzene rings is 1. The van der Waals surface area contributed by atoms with Crippen molar-refractivity contribution in [3.8, 4) is 0 Å². The van der Waals surface area contributed by atoms with E-state index in [-0.39, 0.29) is 0 Å². The van der Waals surface area contributed by atoms with E-state index in [4.69, 9.17) is 0 Å². The number of hydrogen-bond acceptors (Lipinski definition) is 7. The van der Waals surface area contributed by atoms with Crippen molar-refractivity contribution >= 4 is 0 Å². The van der Waals surface area contributed by atoms with E-state index in [1.54, 1.807) is 51.2 Å². The molecule has 8 aromatic rings. The fourth-order valence-electron chi connectivity index (χ4n) is 3.72. The first kappa shape index (κ1) is 81.5. The summed E-state index contributed by atoms with van der Waals surface area (Å²) in [5, 5.41) is 15.7. The van der Waals surface area contributed by atoms with Crippen LogP contribution in [0, 0.1) is 48.5 Å². The van der Waals surface area contributed by atoms with Gasteiger partial charge in [0, 0.05) is 102 Å². The molecule has 1 aromatic carbocycles. The van der Waals surface area contributed by atoms with Crippen molar-refractivity contribution in [3.63, 3.8) is 0 Å². The zero-order chi connectivity index (χ0) is 56.7. The van der Waals surface area contributed by atoms with Crippen molar-refractivity contribution in [1.82, 2.24) is 54.1 Å². The number of hydrogen-bond donors (Lipinski definition) is 0. The summed E-state index contributed by atoms with van der Waals surface area (Å²) in [5.41, 5.74) is 8.34. The lowest BCUT2D eigenvalue weighted by molar-refractivity contribution is 0.740. The van der Waals surface area contributed by atoms with Crippen LogP contribution >= 0.6 is 0 Å². The highest BCUT2D eigenvalue weighted by atomic mass is 15.3. The third-order valence-electron chi connectivity index (χ3n) is 6.79. The minimum atomic E-state index is 1.07. The molecule has 402 valence electrons. The topological polar surface area (TPSA) is 110 Å². The largest absolute Gasteiger partial charge is 0.276 e. The lowest BCUT2D eigenvalue weighted by Gasteiger charge is -1.87. The van der Waals surface area contributed by atoms with Crippen LogP contribution in [-0.2, 0) is 28.2 Å². The van der Waals surface area contributed by atoms with Crippen molar-refractivity contribution in [2.75, 3.05) is 0 Å². The Hall–Kier alpha value is -6.49. The summed E-state index contributed by atoms with van der Waals surface area (Å²) in [4.78, 5) is 11.7. The zero-order valence-corrected chi connectivity index (χ0v) is 50.4. The maximum atomic E-state index is 4.03. The number of aryl methyl sites for hydroxylation is 11. The number of pyridine rings is 3. The molecule has 0 atom stereocenters. The van der Waals surface area contributed by atoms with Gasteiger partial charge in [0.1, 0.15) is 0 Å². The molecule has 0 amide bonds. The predicted octanol–water partition coefficient (Wildman–Crippen LogP) is 17.0. The van der Waals surface area contributed by atoms with E-state index >= 15 is 0 Å². The first-order chi connectivity index (χ1) is 34.3. The van der Waals surface area contributed by atoms with Gasteiger partial charge >= 0.3 is 0 Å². The van der Waals surface area contributed by atoms with Gasteiger partial charge in [0.15, 0.2) is 0 Å². The lowest BCUT2D eigenvalue weighted by Crippen LogP contribution is -1.90. The summed E-state index contributed by atoms with van der Waals surface area (Å²) in [6.07, 6.45) is 20.1. The molecule has 0 aliphatic rings. The fraction of sp³-hybridized carbons (Fsp3) is 0.450. The van der Waals surface area contributed by atoms with Gasteiger partial charge < -0.3 is 0 Å². The number of aromatic nitrogens is 11. The van der Waals surface area contributed by atoms with E-state index < -0.39 is 0 Å². The molecular formula is C60H107N11. The van der Waals surface area contributed by atoms with Gasteiger partial charge in [0.2, 0.25) is 0 Å². The second-order valence-electron chi connectivity index (χ2n) is 12.3. The van der Waals surface area contributed by atoms with Crippen molar-refractivity contribution in [2.24, 2.45) is 28.2 Å². The minimum Gasteiger partial charge on any atom is -0.276 e. The highest BCUT2D eigenvalue weighted by molar-refractivity contribution is 5.12. The summed E-state index contributed by atoms with van der Waals surface area (Å²) >= 11 is 0. The van der Waals surface area contributed by atoms with Gasteiger partial charge in [-0.05, 0) is 114 Å². The van der Waals surface area contributed by atoms with E-state index in [1.165, 1.54) is 27.9 Å². The number of nitrogens with zero attached hydrogens (tertiary/aromatic N) is 11. The molecule has 0 unspecified atom stereocenters. The summed E-state index contributed by atoms with van der Waals surface area (Å²) in [6.45, 7) is 46.1. The Kier molecular flexibility index (Phi) is 80.4. The maximum absolute atomic E-state index is 4.03. The SMILES string of the molecule is CC.CC.CC.CC.CC.CC.CC.CC.Cc1ccccc1.Cc1ccccn1.Cc1cccnc1.Cc1ccn(C)n1.Cc1ccncc1.Cc1ccnn1C.Cc1cnn(C)c1.Cn1cccn1. The summed E-state index contributed by atoms with van der Waals surface area (Å²) < 4.78 is 7.16. The van der Waals surface area contributed by atoms with Gasteiger partial charge in [-0.2, -0.15) is 20.4 Å². The van der Waals surface area contributed by atoms with E-state index in [1.807, 2.05) is 295 Å². The zero-order valence-electron chi connectivity index (χ0n) is 50.4. The molecule has 0 aliphatic carbocycles. The fourth-order valence-corrected chi connectivity index (χ4v) is 3.72. The molecule has 71 heavy (non-hydrogen) atoms. The quantitative estimate of drug-likeness (QED) is 0.149. The normalized spacial score (nSPS) is 7.65. The molecule has 7 aromatic heterocycles. The molecule has 0 N–H and O–H groups in total. The van der Waals surface area contributed by atoms with Gasteiger partial charge in [-0.1, -0.05) is 159 Å². The molecule has 7 heterocycles. The Bertz CT molecular complexity index is 1770. The van der Waals surface area contributed by atoms with Crippen LogP contribution in [0.3, 0.4) is 0 Å². The molecule has 11 heteroatoms. The molecule has 0 spiro atoms. The van der Waals surface area contributed by atoms with Crippen LogP contribution < -0.4 is 0 Å². The smallest absolute Gasteiger partial charge is 0.0593 e. The molecule has 8 rings (SSSR count). The molecule has 0 saturated heterocycles. The average Bonchev–Trinajstić information content (AvgIpc) is 4.26. The molecule has 0 bridgehead atoms. The van der Waals surface area contributed by atoms with Crippen molar-refractivity contribution in [3.05, 3.63) is 198 Å². The van der Waals surface area contributed by atoms with Crippen LogP contribution in [0.5, 0.6) is 0 Å². The van der Waals surface area contributed by atoms with Gasteiger partial charge in [-0.3, -0.25) is 33.7 Å². The Morgan fingerprint density at radius 1 is 0.324 bits per heavy atom. The van der Waals surface area contributed by atoms with Gasteiger partial charge in [0.05, 0.1) is 11.9 Å². The maximum Gasteiger partial charge on any atom is 0.0593 e. The molecule has 0 fully saturated rings. The lowest BCUT2D eigenvalue weighted by atomic mass is 10.2. The highest BCUT2D eigenvalue weighted by Crippen LogP contribution is 1.93. The van der Waals surface area contributed by atoms with E-state index in [9.17, 15) is 0 Å². The first-order valence-electron chi connectivity index (χ1n) is 25.8. The Labute approximate surface area is 438 Å². The van der Waals surface area contributed by atoms with Gasteiger partial charge in [0.25, 0.3) is 0 Å². The van der Waals surface area contributed by atoms with Crippen LogP contribution in [0.1, 0.15) is 150 Å². The molecule has 0 saturated carbocycles. The minimum absolute atomic E-state index is 1.07. The van der Waals surface area contributed by atoms with E-state index in [0.717, 1.165) is 11.4 Å². The summed E-state index contributed by atoms with van der Waals surface area (Å²) in [7, 11) is 7.63. The van der Waals surface area contributed by atoms with Crippen molar-refractivity contribution in [2.45, 2.75) is 159 Å². The molecular weight excluding hydrogens is 875 g/mol. The first-order valence-corrected chi connectivity index (χ1v) is 25.8. The standard InChI is InChI=1S/C7H8.3C6H7N.3C5H8N2.C4H6N2.8C2H6/c1-7-5-3-2-4-6-7;1-6-2-4-7-5-3-6;1-6-3-2-4-7-5-6;1-6-4-2-3-5-7-6;1-5-3-6-7(2)4-5;1-5-3-4-7(2)6-5;1-5-3-4-6-7(5)2;1-6-4-2-3-5-6;8*1-2/h2-6H,1H3;3*2-5H,1H3;3*3-4H,1-2H3;2-4H,1H3;8*1-2H3. The average molecular weight is 983 g/mol. The molecule has 11 nitrogen and oxygen atoms in total. The Balaban J connectivity index is -0.000000102. The number of rotatable bonds is 0. The van der Waals surface area contributed by atoms with Crippen LogP contribution in [0.2, 0.25) is 0 Å². The molecule has 0 aliphatic heterocycles. The predicted molar refractivity (Wildman–Crippen MR) is 316 cm³/mol. The van der Waals surface area contributed by atoms with E-state index in [2.05, 4.69) is 54.4 Å². The van der Waals surface area contributed by atoms with Crippen molar-refractivity contribution in [1.29, 1.82) is 0 Å². The third kappa shape index (κ3) is 65.6. The van der Waals surface area contributed by atoms with Crippen LogP contribution in [-0.4, -0.2) is 54.1 Å². The summed E-state index contributed by atoms with van der Waals surface area (Å²) in [6, 6.07) is 29.8. The summed E-state index contributed by atoms with van der Waals surface area (Å²) in [5.74, 6) is 0. The van der Waals surface area contributed by atoms with Crippen LogP contribution in [0.15, 0.2) is 159 Å².